The highest BCUT2D eigenvalue weighted by atomic mass is 35.5. The molecule has 0 saturated carbocycles. The summed E-state index contributed by atoms with van der Waals surface area (Å²) >= 11 is 7.27. The molecule has 0 fully saturated rings. The van der Waals surface area contributed by atoms with Crippen LogP contribution in [-0.2, 0) is 11.3 Å². The minimum Gasteiger partial charge on any atom is -0.348 e. The lowest BCUT2D eigenvalue weighted by atomic mass is 10.2. The molecule has 29 heavy (non-hydrogen) atoms. The van der Waals surface area contributed by atoms with Gasteiger partial charge in [-0.1, -0.05) is 23.7 Å². The van der Waals surface area contributed by atoms with Crippen molar-refractivity contribution < 1.29 is 9.59 Å². The summed E-state index contributed by atoms with van der Waals surface area (Å²) in [5.74, 6) is 0.0926. The standard InChI is InChI=1S/C21H21ClN4O2S/c1-25(2)20(27)14-29-19-6-4-3-5-18(19)21(28)23-11-15-12-24-26(13-15)17-9-7-16(22)8-10-17/h3-10,12-13H,11,14H2,1-2H3,(H,23,28). The molecule has 2 aromatic carbocycles. The number of halogens is 1. The van der Waals surface area contributed by atoms with Crippen LogP contribution >= 0.6 is 23.4 Å². The maximum absolute atomic E-state index is 12.7. The van der Waals surface area contributed by atoms with Crippen molar-refractivity contribution in [1.29, 1.82) is 0 Å². The minimum absolute atomic E-state index is 0.000162. The topological polar surface area (TPSA) is 67.2 Å². The highest BCUT2D eigenvalue weighted by molar-refractivity contribution is 8.00. The molecule has 6 nitrogen and oxygen atoms in total. The van der Waals surface area contributed by atoms with E-state index in [0.29, 0.717) is 17.1 Å². The Hall–Kier alpha value is -2.77. The first kappa shape index (κ1) is 21.0. The number of rotatable bonds is 7. The van der Waals surface area contributed by atoms with Gasteiger partial charge in [0, 0.05) is 42.3 Å². The Bertz CT molecular complexity index is 1000. The van der Waals surface area contributed by atoms with E-state index in [1.54, 1.807) is 43.2 Å². The van der Waals surface area contributed by atoms with Gasteiger partial charge >= 0.3 is 0 Å². The number of nitrogens with one attached hydrogen (secondary N) is 1. The zero-order valence-corrected chi connectivity index (χ0v) is 17.7. The summed E-state index contributed by atoms with van der Waals surface area (Å²) in [6.07, 6.45) is 3.57. The van der Waals surface area contributed by atoms with Crippen molar-refractivity contribution in [3.05, 3.63) is 77.1 Å². The van der Waals surface area contributed by atoms with Gasteiger partial charge in [-0.3, -0.25) is 9.59 Å². The van der Waals surface area contributed by atoms with Crippen LogP contribution < -0.4 is 5.32 Å². The summed E-state index contributed by atoms with van der Waals surface area (Å²) in [6.45, 7) is 0.349. The summed E-state index contributed by atoms with van der Waals surface area (Å²) in [5, 5.41) is 7.91. The summed E-state index contributed by atoms with van der Waals surface area (Å²) in [7, 11) is 3.43. The van der Waals surface area contributed by atoms with Gasteiger partial charge in [-0.2, -0.15) is 5.10 Å². The summed E-state index contributed by atoms with van der Waals surface area (Å²) in [4.78, 5) is 26.8. The molecule has 0 unspecified atom stereocenters. The van der Waals surface area contributed by atoms with Crippen molar-refractivity contribution >= 4 is 35.2 Å². The Balaban J connectivity index is 1.63. The van der Waals surface area contributed by atoms with Crippen LogP contribution in [0.4, 0.5) is 0 Å². The largest absolute Gasteiger partial charge is 0.348 e. The molecule has 0 atom stereocenters. The monoisotopic (exact) mass is 428 g/mol. The van der Waals surface area contributed by atoms with Gasteiger partial charge in [-0.25, -0.2) is 4.68 Å². The number of carbonyl (C=O) groups excluding carboxylic acids is 2. The smallest absolute Gasteiger partial charge is 0.252 e. The van der Waals surface area contributed by atoms with E-state index < -0.39 is 0 Å². The van der Waals surface area contributed by atoms with Gasteiger partial charge in [0.25, 0.3) is 5.91 Å². The molecule has 1 heterocycles. The maximum atomic E-state index is 12.7. The van der Waals surface area contributed by atoms with Crippen molar-refractivity contribution in [2.24, 2.45) is 0 Å². The number of carbonyl (C=O) groups is 2. The van der Waals surface area contributed by atoms with E-state index in [1.165, 1.54) is 16.7 Å². The third-order valence-electron chi connectivity index (χ3n) is 4.16. The third kappa shape index (κ3) is 5.62. The van der Waals surface area contributed by atoms with E-state index in [4.69, 9.17) is 11.6 Å². The van der Waals surface area contributed by atoms with Crippen LogP contribution in [0.3, 0.4) is 0 Å². The second-order valence-corrected chi connectivity index (χ2v) is 7.98. The molecule has 2 amide bonds. The molecule has 0 radical (unpaired) electrons. The van der Waals surface area contributed by atoms with E-state index in [2.05, 4.69) is 10.4 Å². The van der Waals surface area contributed by atoms with E-state index in [9.17, 15) is 9.59 Å². The van der Waals surface area contributed by atoms with Crippen LogP contribution in [0.15, 0.2) is 65.8 Å². The lowest BCUT2D eigenvalue weighted by molar-refractivity contribution is -0.125. The molecular weight excluding hydrogens is 408 g/mol. The van der Waals surface area contributed by atoms with Crippen molar-refractivity contribution in [3.8, 4) is 5.69 Å². The number of amides is 2. The lowest BCUT2D eigenvalue weighted by Crippen LogP contribution is -2.25. The predicted molar refractivity (Wildman–Crippen MR) is 116 cm³/mol. The van der Waals surface area contributed by atoms with Gasteiger partial charge in [-0.05, 0) is 36.4 Å². The van der Waals surface area contributed by atoms with E-state index in [0.717, 1.165) is 16.1 Å². The van der Waals surface area contributed by atoms with Crippen LogP contribution in [-0.4, -0.2) is 46.3 Å². The Morgan fingerprint density at radius 3 is 2.59 bits per heavy atom. The normalized spacial score (nSPS) is 10.6. The zero-order chi connectivity index (χ0) is 20.8. The van der Waals surface area contributed by atoms with Gasteiger partial charge < -0.3 is 10.2 Å². The fourth-order valence-corrected chi connectivity index (χ4v) is 3.67. The van der Waals surface area contributed by atoms with Gasteiger partial charge in [-0.15, -0.1) is 11.8 Å². The molecule has 0 aliphatic heterocycles. The summed E-state index contributed by atoms with van der Waals surface area (Å²) in [6, 6.07) is 14.6. The highest BCUT2D eigenvalue weighted by Crippen LogP contribution is 2.23. The molecule has 1 aromatic heterocycles. The number of hydrogen-bond acceptors (Lipinski definition) is 4. The minimum atomic E-state index is -0.190. The fraction of sp³-hybridized carbons (Fsp3) is 0.190. The molecule has 150 valence electrons. The second-order valence-electron chi connectivity index (χ2n) is 6.53. The molecule has 3 rings (SSSR count). The molecule has 0 spiro atoms. The molecular formula is C21H21ClN4O2S. The van der Waals surface area contributed by atoms with Crippen LogP contribution in [0.25, 0.3) is 5.69 Å². The Morgan fingerprint density at radius 1 is 1.14 bits per heavy atom. The molecule has 8 heteroatoms. The highest BCUT2D eigenvalue weighted by Gasteiger charge is 2.13. The Labute approximate surface area is 178 Å². The first-order valence-corrected chi connectivity index (χ1v) is 10.3. The third-order valence-corrected chi connectivity index (χ3v) is 5.47. The lowest BCUT2D eigenvalue weighted by Gasteiger charge is -2.12. The summed E-state index contributed by atoms with van der Waals surface area (Å²) < 4.78 is 1.73. The number of benzene rings is 2. The first-order valence-electron chi connectivity index (χ1n) is 8.93. The SMILES string of the molecule is CN(C)C(=O)CSc1ccccc1C(=O)NCc1cnn(-c2ccc(Cl)cc2)c1. The maximum Gasteiger partial charge on any atom is 0.252 e. The van der Waals surface area contributed by atoms with Crippen LogP contribution in [0, 0.1) is 0 Å². The first-order chi connectivity index (χ1) is 13.9. The van der Waals surface area contributed by atoms with Crippen molar-refractivity contribution in [2.45, 2.75) is 11.4 Å². The summed E-state index contributed by atoms with van der Waals surface area (Å²) in [5.41, 5.74) is 2.31. The Morgan fingerprint density at radius 2 is 1.86 bits per heavy atom. The number of aromatic nitrogens is 2. The molecule has 0 aliphatic rings. The quantitative estimate of drug-likeness (QED) is 0.583. The van der Waals surface area contributed by atoms with Gasteiger partial charge in [0.1, 0.15) is 0 Å². The van der Waals surface area contributed by atoms with Crippen molar-refractivity contribution in [1.82, 2.24) is 20.0 Å². The predicted octanol–water partition coefficient (Wildman–Crippen LogP) is 3.64. The average molecular weight is 429 g/mol. The van der Waals surface area contributed by atoms with E-state index in [-0.39, 0.29) is 17.6 Å². The molecule has 1 N–H and O–H groups in total. The molecule has 0 bridgehead atoms. The van der Waals surface area contributed by atoms with E-state index in [1.807, 2.05) is 36.5 Å². The number of nitrogens with zero attached hydrogens (tertiary/aromatic N) is 3. The van der Waals surface area contributed by atoms with Crippen molar-refractivity contribution in [3.63, 3.8) is 0 Å². The number of hydrogen-bond donors (Lipinski definition) is 1. The van der Waals surface area contributed by atoms with E-state index >= 15 is 0 Å². The van der Waals surface area contributed by atoms with Crippen LogP contribution in [0.1, 0.15) is 15.9 Å². The van der Waals surface area contributed by atoms with Gasteiger partial charge in [0.05, 0.1) is 23.2 Å². The zero-order valence-electron chi connectivity index (χ0n) is 16.1. The van der Waals surface area contributed by atoms with Crippen molar-refractivity contribution in [2.75, 3.05) is 19.8 Å². The van der Waals surface area contributed by atoms with Crippen LogP contribution in [0.5, 0.6) is 0 Å². The van der Waals surface area contributed by atoms with Crippen LogP contribution in [0.2, 0.25) is 5.02 Å². The second kappa shape index (κ2) is 9.62. The van der Waals surface area contributed by atoms with Gasteiger partial charge in [0.15, 0.2) is 0 Å². The average Bonchev–Trinajstić information content (AvgIpc) is 3.20. The number of thioether (sulfide) groups is 1. The fourth-order valence-electron chi connectivity index (χ4n) is 2.51. The molecule has 0 saturated heterocycles. The Kier molecular flexibility index (Phi) is 6.95. The van der Waals surface area contributed by atoms with Gasteiger partial charge in [0.2, 0.25) is 5.91 Å². The molecule has 3 aromatic rings. The molecule has 0 aliphatic carbocycles.